The number of methoxy groups -OCH3 is 1. The molecule has 0 radical (unpaired) electrons. The number of allylic oxidation sites excluding steroid dienone is 2. The Morgan fingerprint density at radius 3 is 2.42 bits per heavy atom. The molecule has 0 unspecified atom stereocenters. The molecule has 0 saturated carbocycles. The summed E-state index contributed by atoms with van der Waals surface area (Å²) in [5.74, 6) is -0.0263. The second kappa shape index (κ2) is 7.31. The van der Waals surface area contributed by atoms with Crippen molar-refractivity contribution in [2.45, 2.75) is 19.8 Å². The molecule has 3 aromatic carbocycles. The van der Waals surface area contributed by atoms with E-state index in [0.717, 1.165) is 29.4 Å². The Hall–Kier alpha value is -2.61. The molecule has 1 nitrogen and oxygen atoms in total. The summed E-state index contributed by atoms with van der Waals surface area (Å²) >= 11 is 0. The van der Waals surface area contributed by atoms with E-state index in [1.165, 1.54) is 12.7 Å². The highest BCUT2D eigenvalue weighted by atomic mass is 19.1. The predicted molar refractivity (Wildman–Crippen MR) is 99.0 cm³/mol. The second-order valence-electron chi connectivity index (χ2n) is 5.82. The molecule has 0 aliphatic heterocycles. The van der Waals surface area contributed by atoms with Gasteiger partial charge in [-0.3, -0.25) is 0 Å². The van der Waals surface area contributed by atoms with Crippen molar-refractivity contribution in [2.24, 2.45) is 0 Å². The maximum atomic E-state index is 14.3. The van der Waals surface area contributed by atoms with Crippen molar-refractivity contribution < 1.29 is 9.13 Å². The lowest BCUT2D eigenvalue weighted by atomic mass is 9.99. The molecule has 2 heteroatoms. The molecule has 0 fully saturated rings. The number of aryl methyl sites for hydroxylation is 1. The SMILES string of the molecule is C/C=C/CCc1ccc(-c2ccc3c(F)c(OC)ccc3c2)cc1. The number of ether oxygens (including phenoxy) is 1. The lowest BCUT2D eigenvalue weighted by Crippen LogP contribution is -1.90. The van der Waals surface area contributed by atoms with Gasteiger partial charge in [-0.05, 0) is 54.0 Å². The van der Waals surface area contributed by atoms with Crippen LogP contribution in [0.2, 0.25) is 0 Å². The van der Waals surface area contributed by atoms with Gasteiger partial charge >= 0.3 is 0 Å². The molecule has 3 aromatic rings. The Morgan fingerprint density at radius 1 is 0.958 bits per heavy atom. The number of benzene rings is 3. The Morgan fingerprint density at radius 2 is 1.71 bits per heavy atom. The van der Waals surface area contributed by atoms with Crippen LogP contribution < -0.4 is 4.74 Å². The van der Waals surface area contributed by atoms with Gasteiger partial charge in [-0.2, -0.15) is 0 Å². The number of fused-ring (bicyclic) bond motifs is 1. The molecule has 0 aromatic heterocycles. The van der Waals surface area contributed by atoms with Crippen molar-refractivity contribution in [3.05, 3.63) is 78.1 Å². The van der Waals surface area contributed by atoms with Gasteiger partial charge in [0.1, 0.15) is 0 Å². The lowest BCUT2D eigenvalue weighted by Gasteiger charge is -2.08. The summed E-state index contributed by atoms with van der Waals surface area (Å²) in [7, 11) is 1.48. The van der Waals surface area contributed by atoms with Crippen LogP contribution in [0.15, 0.2) is 66.7 Å². The summed E-state index contributed by atoms with van der Waals surface area (Å²) in [6.07, 6.45) is 6.37. The van der Waals surface area contributed by atoms with E-state index in [1.54, 1.807) is 6.07 Å². The molecular formula is C22H21FO. The van der Waals surface area contributed by atoms with Gasteiger partial charge in [0.25, 0.3) is 0 Å². The van der Waals surface area contributed by atoms with Gasteiger partial charge < -0.3 is 4.74 Å². The molecule has 0 amide bonds. The monoisotopic (exact) mass is 320 g/mol. The molecule has 3 rings (SSSR count). The van der Waals surface area contributed by atoms with Crippen LogP contribution in [-0.2, 0) is 6.42 Å². The van der Waals surface area contributed by atoms with Gasteiger partial charge in [0.2, 0.25) is 0 Å². The molecule has 0 N–H and O–H groups in total. The number of hydrogen-bond donors (Lipinski definition) is 0. The van der Waals surface area contributed by atoms with E-state index in [2.05, 4.69) is 36.4 Å². The van der Waals surface area contributed by atoms with Gasteiger partial charge in [0, 0.05) is 5.39 Å². The zero-order chi connectivity index (χ0) is 16.9. The summed E-state index contributed by atoms with van der Waals surface area (Å²) in [6, 6.07) is 18.0. The van der Waals surface area contributed by atoms with E-state index in [1.807, 2.05) is 31.2 Å². The molecule has 0 aliphatic rings. The van der Waals surface area contributed by atoms with Gasteiger partial charge in [-0.1, -0.05) is 54.6 Å². The van der Waals surface area contributed by atoms with Crippen molar-refractivity contribution in [2.75, 3.05) is 7.11 Å². The molecule has 0 heterocycles. The predicted octanol–water partition coefficient (Wildman–Crippen LogP) is 6.16. The summed E-state index contributed by atoms with van der Waals surface area (Å²) in [4.78, 5) is 0. The quantitative estimate of drug-likeness (QED) is 0.511. The first-order chi connectivity index (χ1) is 11.7. The van der Waals surface area contributed by atoms with Crippen LogP contribution in [0.3, 0.4) is 0 Å². The fourth-order valence-corrected chi connectivity index (χ4v) is 2.89. The molecule has 0 atom stereocenters. The van der Waals surface area contributed by atoms with Crippen molar-refractivity contribution in [3.63, 3.8) is 0 Å². The third kappa shape index (κ3) is 3.33. The largest absolute Gasteiger partial charge is 0.494 e. The Kier molecular flexibility index (Phi) is 4.95. The van der Waals surface area contributed by atoms with E-state index in [9.17, 15) is 4.39 Å². The zero-order valence-corrected chi connectivity index (χ0v) is 14.1. The highest BCUT2D eigenvalue weighted by molar-refractivity contribution is 5.89. The topological polar surface area (TPSA) is 9.23 Å². The number of rotatable bonds is 5. The highest BCUT2D eigenvalue weighted by Gasteiger charge is 2.08. The standard InChI is InChI=1S/C22H21FO/c1-3-4-5-6-16-7-9-17(10-8-16)18-11-13-20-19(15-18)12-14-21(24-2)22(20)23/h3-4,7-15H,5-6H2,1-2H3/b4-3+. The third-order valence-corrected chi connectivity index (χ3v) is 4.26. The maximum Gasteiger partial charge on any atom is 0.172 e. The van der Waals surface area contributed by atoms with Crippen molar-refractivity contribution >= 4 is 10.8 Å². The smallest absolute Gasteiger partial charge is 0.172 e. The van der Waals surface area contributed by atoms with Crippen molar-refractivity contribution in [1.29, 1.82) is 0 Å². The van der Waals surface area contributed by atoms with Crippen molar-refractivity contribution in [3.8, 4) is 16.9 Å². The van der Waals surface area contributed by atoms with E-state index in [0.29, 0.717) is 5.39 Å². The Labute approximate surface area is 142 Å². The van der Waals surface area contributed by atoms with Crippen LogP contribution >= 0.6 is 0 Å². The van der Waals surface area contributed by atoms with E-state index in [-0.39, 0.29) is 11.6 Å². The zero-order valence-electron chi connectivity index (χ0n) is 14.1. The normalized spacial score (nSPS) is 11.3. The molecule has 122 valence electrons. The highest BCUT2D eigenvalue weighted by Crippen LogP contribution is 2.30. The van der Waals surface area contributed by atoms with E-state index >= 15 is 0 Å². The number of hydrogen-bond acceptors (Lipinski definition) is 1. The van der Waals surface area contributed by atoms with Crippen LogP contribution in [-0.4, -0.2) is 7.11 Å². The molecule has 0 spiro atoms. The first-order valence-corrected chi connectivity index (χ1v) is 8.19. The van der Waals surface area contributed by atoms with Crippen molar-refractivity contribution in [1.82, 2.24) is 0 Å². The number of halogens is 1. The minimum Gasteiger partial charge on any atom is -0.494 e. The molecule has 0 saturated heterocycles. The lowest BCUT2D eigenvalue weighted by molar-refractivity contribution is 0.389. The molecule has 0 aliphatic carbocycles. The summed E-state index contributed by atoms with van der Waals surface area (Å²) in [5.41, 5.74) is 3.56. The minimum absolute atomic E-state index is 0.278. The van der Waals surface area contributed by atoms with E-state index in [4.69, 9.17) is 4.74 Å². The second-order valence-corrected chi connectivity index (χ2v) is 5.82. The first kappa shape index (κ1) is 16.3. The summed E-state index contributed by atoms with van der Waals surface area (Å²) in [5, 5.41) is 1.46. The maximum absolute atomic E-state index is 14.3. The van der Waals surface area contributed by atoms with Crippen LogP contribution in [0.25, 0.3) is 21.9 Å². The molecular weight excluding hydrogens is 299 g/mol. The van der Waals surface area contributed by atoms with Crippen LogP contribution in [0, 0.1) is 5.82 Å². The average Bonchev–Trinajstić information content (AvgIpc) is 2.63. The first-order valence-electron chi connectivity index (χ1n) is 8.19. The van der Waals surface area contributed by atoms with Crippen LogP contribution in [0.1, 0.15) is 18.9 Å². The summed E-state index contributed by atoms with van der Waals surface area (Å²) < 4.78 is 19.3. The molecule has 24 heavy (non-hydrogen) atoms. The average molecular weight is 320 g/mol. The van der Waals surface area contributed by atoms with Gasteiger partial charge in [0.15, 0.2) is 11.6 Å². The fraction of sp³-hybridized carbons (Fsp3) is 0.182. The summed E-state index contributed by atoms with van der Waals surface area (Å²) in [6.45, 7) is 2.04. The van der Waals surface area contributed by atoms with Crippen LogP contribution in [0.5, 0.6) is 5.75 Å². The van der Waals surface area contributed by atoms with Crippen LogP contribution in [0.4, 0.5) is 4.39 Å². The van der Waals surface area contributed by atoms with Gasteiger partial charge in [-0.15, -0.1) is 0 Å². The Balaban J connectivity index is 1.89. The Bertz CT molecular complexity index is 863. The third-order valence-electron chi connectivity index (χ3n) is 4.26. The molecule has 0 bridgehead atoms. The van der Waals surface area contributed by atoms with Gasteiger partial charge in [-0.25, -0.2) is 4.39 Å². The van der Waals surface area contributed by atoms with E-state index < -0.39 is 0 Å². The minimum atomic E-state index is -0.305. The van der Waals surface area contributed by atoms with Gasteiger partial charge in [0.05, 0.1) is 7.11 Å². The fourth-order valence-electron chi connectivity index (χ4n) is 2.89.